The normalized spacial score (nSPS) is 20.1. The number of aliphatic imine (C=N–C) groups is 1. The number of aliphatic carboxylic acids is 1. The number of aryl methyl sites for hydroxylation is 1. The molecule has 2 amide bonds. The average molecular weight is 509 g/mol. The second-order valence-corrected chi connectivity index (χ2v) is 9.82. The zero-order chi connectivity index (χ0) is 25.8. The largest absolute Gasteiger partial charge is 0.494 e. The maximum atomic E-state index is 12.6. The lowest BCUT2D eigenvalue weighted by Crippen LogP contribution is -2.39. The Balaban J connectivity index is 1.56. The highest BCUT2D eigenvalue weighted by Crippen LogP contribution is 2.39. The molecule has 0 bridgehead atoms. The van der Waals surface area contributed by atoms with Crippen molar-refractivity contribution in [2.24, 2.45) is 10.1 Å². The van der Waals surface area contributed by atoms with Gasteiger partial charge in [0.05, 0.1) is 18.4 Å². The summed E-state index contributed by atoms with van der Waals surface area (Å²) in [7, 11) is 0. The van der Waals surface area contributed by atoms with Crippen LogP contribution in [0, 0.1) is 6.92 Å². The van der Waals surface area contributed by atoms with Gasteiger partial charge in [-0.25, -0.2) is 5.01 Å². The second-order valence-electron chi connectivity index (χ2n) is 8.65. The topological polar surface area (TPSA) is 121 Å². The van der Waals surface area contributed by atoms with Gasteiger partial charge in [0.1, 0.15) is 17.0 Å². The first-order valence-corrected chi connectivity index (χ1v) is 12.6. The van der Waals surface area contributed by atoms with Crippen LogP contribution in [0.3, 0.4) is 0 Å². The molecule has 0 unspecified atom stereocenters. The Hall–Kier alpha value is -3.66. The number of nitrogens with one attached hydrogen (secondary N) is 1. The fourth-order valence-corrected chi connectivity index (χ4v) is 5.02. The van der Waals surface area contributed by atoms with Crippen LogP contribution >= 0.6 is 11.8 Å². The molecule has 36 heavy (non-hydrogen) atoms. The summed E-state index contributed by atoms with van der Waals surface area (Å²) in [5, 5.41) is 17.7. The Kier molecular flexibility index (Phi) is 7.73. The third kappa shape index (κ3) is 5.76. The monoisotopic (exact) mass is 508 g/mol. The number of hydrogen-bond donors (Lipinski definition) is 2. The van der Waals surface area contributed by atoms with Crippen molar-refractivity contribution in [3.05, 3.63) is 65.2 Å². The molecule has 0 aromatic heterocycles. The number of amides is 2. The number of carbonyl (C=O) groups excluding carboxylic acids is 2. The predicted molar refractivity (Wildman–Crippen MR) is 138 cm³/mol. The lowest BCUT2D eigenvalue weighted by molar-refractivity contribution is -0.141. The van der Waals surface area contributed by atoms with E-state index in [2.05, 4.69) is 10.3 Å². The summed E-state index contributed by atoms with van der Waals surface area (Å²) in [4.78, 5) is 40.2. The number of hydrazone groups is 1. The Morgan fingerprint density at radius 3 is 2.53 bits per heavy atom. The molecule has 188 valence electrons. The van der Waals surface area contributed by atoms with E-state index in [0.29, 0.717) is 18.2 Å². The summed E-state index contributed by atoms with van der Waals surface area (Å²) in [6, 6.07) is 14.7. The van der Waals surface area contributed by atoms with E-state index in [-0.39, 0.29) is 12.5 Å². The molecule has 9 nitrogen and oxygen atoms in total. The van der Waals surface area contributed by atoms with Crippen molar-refractivity contribution in [1.82, 2.24) is 10.3 Å². The van der Waals surface area contributed by atoms with Crippen molar-refractivity contribution in [3.8, 4) is 5.75 Å². The van der Waals surface area contributed by atoms with Crippen LogP contribution in [0.25, 0.3) is 0 Å². The van der Waals surface area contributed by atoms with E-state index in [4.69, 9.17) is 14.9 Å². The smallest absolute Gasteiger partial charge is 0.325 e. The van der Waals surface area contributed by atoms with Crippen LogP contribution in [0.2, 0.25) is 0 Å². The van der Waals surface area contributed by atoms with Gasteiger partial charge in [0.2, 0.25) is 5.91 Å². The standard InChI is InChI=1S/C26H28N4O5S/c1-4-35-19-11-9-18(10-12-19)21-13-20(17-7-5-15(2)6-8-17)29-30(21)26-28-24(32)22(36-26)14-23(31)27-16(3)25(33)34/h5-12,16,21-22H,4,13-14H2,1-3H3,(H,27,31)(H,33,34)/t16-,21+,22-/m1/s1. The van der Waals surface area contributed by atoms with Crippen molar-refractivity contribution < 1.29 is 24.2 Å². The van der Waals surface area contributed by atoms with Crippen molar-refractivity contribution in [1.29, 1.82) is 0 Å². The van der Waals surface area contributed by atoms with Gasteiger partial charge >= 0.3 is 5.97 Å². The summed E-state index contributed by atoms with van der Waals surface area (Å²) in [6.07, 6.45) is 0.455. The highest BCUT2D eigenvalue weighted by Gasteiger charge is 2.39. The van der Waals surface area contributed by atoms with E-state index < -0.39 is 29.1 Å². The summed E-state index contributed by atoms with van der Waals surface area (Å²) in [5.74, 6) is -1.31. The van der Waals surface area contributed by atoms with Gasteiger partial charge in [-0.05, 0) is 44.0 Å². The Morgan fingerprint density at radius 1 is 1.19 bits per heavy atom. The van der Waals surface area contributed by atoms with Crippen molar-refractivity contribution >= 4 is 40.4 Å². The Morgan fingerprint density at radius 2 is 1.89 bits per heavy atom. The molecular formula is C26H28N4O5S. The summed E-state index contributed by atoms with van der Waals surface area (Å²) in [5.41, 5.74) is 4.02. The molecule has 2 aliphatic rings. The number of carboxylic acids is 1. The minimum Gasteiger partial charge on any atom is -0.494 e. The number of nitrogens with zero attached hydrogens (tertiary/aromatic N) is 3. The molecule has 0 saturated carbocycles. The SMILES string of the molecule is CCOc1ccc([C@@H]2CC(c3ccc(C)cc3)=NN2C2=NC(=O)[C@@H](CC(=O)N[C@H](C)C(=O)O)S2)cc1. The number of carboxylic acid groups (broad SMARTS) is 1. The van der Waals surface area contributed by atoms with Crippen LogP contribution < -0.4 is 10.1 Å². The van der Waals surface area contributed by atoms with Gasteiger partial charge < -0.3 is 15.2 Å². The molecule has 2 heterocycles. The van der Waals surface area contributed by atoms with Crippen molar-refractivity contribution in [3.63, 3.8) is 0 Å². The van der Waals surface area contributed by atoms with Crippen molar-refractivity contribution in [2.45, 2.75) is 50.9 Å². The average Bonchev–Trinajstić information content (AvgIpc) is 3.44. The first kappa shape index (κ1) is 25.4. The summed E-state index contributed by atoms with van der Waals surface area (Å²) < 4.78 is 5.57. The van der Waals surface area contributed by atoms with Gasteiger partial charge in [0, 0.05) is 12.8 Å². The predicted octanol–water partition coefficient (Wildman–Crippen LogP) is 3.52. The molecule has 2 aromatic rings. The highest BCUT2D eigenvalue weighted by atomic mass is 32.2. The van der Waals surface area contributed by atoms with E-state index in [9.17, 15) is 14.4 Å². The highest BCUT2D eigenvalue weighted by molar-refractivity contribution is 8.15. The van der Waals surface area contributed by atoms with Gasteiger partial charge in [0.25, 0.3) is 5.91 Å². The van der Waals surface area contributed by atoms with Gasteiger partial charge in [-0.2, -0.15) is 10.1 Å². The maximum absolute atomic E-state index is 12.6. The van der Waals surface area contributed by atoms with Crippen molar-refractivity contribution in [2.75, 3.05) is 6.61 Å². The van der Waals surface area contributed by atoms with Gasteiger partial charge in [-0.1, -0.05) is 53.7 Å². The number of benzene rings is 2. The molecule has 0 saturated heterocycles. The molecular weight excluding hydrogens is 480 g/mol. The van der Waals surface area contributed by atoms with Crippen LogP contribution in [0.1, 0.15) is 49.4 Å². The van der Waals surface area contributed by atoms with E-state index in [1.807, 2.05) is 62.4 Å². The number of ether oxygens (including phenoxy) is 1. The molecule has 0 spiro atoms. The maximum Gasteiger partial charge on any atom is 0.325 e. The quantitative estimate of drug-likeness (QED) is 0.560. The third-order valence-corrected chi connectivity index (χ3v) is 7.06. The summed E-state index contributed by atoms with van der Waals surface area (Å²) in [6.45, 7) is 5.90. The van der Waals surface area contributed by atoms with Gasteiger partial charge in [0.15, 0.2) is 5.17 Å². The van der Waals surface area contributed by atoms with E-state index >= 15 is 0 Å². The lowest BCUT2D eigenvalue weighted by atomic mass is 9.98. The summed E-state index contributed by atoms with van der Waals surface area (Å²) >= 11 is 1.18. The van der Waals surface area contributed by atoms with Crippen LogP contribution in [0.15, 0.2) is 58.6 Å². The first-order valence-electron chi connectivity index (χ1n) is 11.7. The Labute approximate surface area is 213 Å². The first-order chi connectivity index (χ1) is 17.2. The van der Waals surface area contributed by atoms with Gasteiger partial charge in [-0.3, -0.25) is 14.4 Å². The van der Waals surface area contributed by atoms with Crippen LogP contribution in [0.5, 0.6) is 5.75 Å². The molecule has 2 N–H and O–H groups in total. The lowest BCUT2D eigenvalue weighted by Gasteiger charge is -2.23. The second kappa shape index (κ2) is 10.9. The molecule has 0 fully saturated rings. The minimum atomic E-state index is -1.14. The number of thioether (sulfide) groups is 1. The Bertz CT molecular complexity index is 1210. The van der Waals surface area contributed by atoms with E-state index in [0.717, 1.165) is 28.2 Å². The fraction of sp³-hybridized carbons (Fsp3) is 0.346. The number of hydrogen-bond acceptors (Lipinski definition) is 7. The van der Waals surface area contributed by atoms with Crippen LogP contribution in [0.4, 0.5) is 0 Å². The van der Waals surface area contributed by atoms with Gasteiger partial charge in [-0.15, -0.1) is 0 Å². The number of amidine groups is 1. The molecule has 0 radical (unpaired) electrons. The minimum absolute atomic E-state index is 0.162. The molecule has 0 aliphatic carbocycles. The fourth-order valence-electron chi connectivity index (χ4n) is 3.95. The molecule has 2 aliphatic heterocycles. The number of carbonyl (C=O) groups is 3. The zero-order valence-corrected chi connectivity index (χ0v) is 21.1. The van der Waals surface area contributed by atoms with Crippen LogP contribution in [-0.2, 0) is 14.4 Å². The molecule has 2 aromatic carbocycles. The molecule has 10 heteroatoms. The molecule has 4 rings (SSSR count). The van der Waals surface area contributed by atoms with Crippen LogP contribution in [-0.4, -0.2) is 56.7 Å². The molecule has 3 atom stereocenters. The number of rotatable bonds is 8. The zero-order valence-electron chi connectivity index (χ0n) is 20.3. The van der Waals surface area contributed by atoms with E-state index in [1.54, 1.807) is 5.01 Å². The third-order valence-electron chi connectivity index (χ3n) is 5.91. The van der Waals surface area contributed by atoms with E-state index in [1.165, 1.54) is 18.7 Å².